The van der Waals surface area contributed by atoms with Gasteiger partial charge in [0.2, 0.25) is 0 Å². The molecule has 0 aliphatic rings. The third-order valence-corrected chi connectivity index (χ3v) is 5.53. The van der Waals surface area contributed by atoms with Crippen LogP contribution in [0.5, 0.6) is 0 Å². The fourth-order valence-corrected chi connectivity index (χ4v) is 4.37. The zero-order valence-corrected chi connectivity index (χ0v) is 14.9. The number of hydrogen-bond acceptors (Lipinski definition) is 0. The Bertz CT molecular complexity index is 589. The summed E-state index contributed by atoms with van der Waals surface area (Å²) in [5.74, 6) is 0. The molecule has 0 spiro atoms. The standard InChI is InChI=1S/C17H18Br2/c1-10-9-11(2)13(4)16(12(10)3)17(19)14-7-5-6-8-15(14)18/h5-9,17H,1-4H3. The molecule has 0 bridgehead atoms. The number of hydrogen-bond donors (Lipinski definition) is 0. The smallest absolute Gasteiger partial charge is 0.0660 e. The molecule has 0 saturated heterocycles. The Balaban J connectivity index is 2.63. The van der Waals surface area contributed by atoms with E-state index in [2.05, 4.69) is 89.9 Å². The molecule has 0 fully saturated rings. The van der Waals surface area contributed by atoms with Crippen molar-refractivity contribution in [1.29, 1.82) is 0 Å². The summed E-state index contributed by atoms with van der Waals surface area (Å²) in [6.45, 7) is 8.79. The van der Waals surface area contributed by atoms with Crippen LogP contribution in [0.4, 0.5) is 0 Å². The maximum atomic E-state index is 3.88. The number of aryl methyl sites for hydroxylation is 2. The first-order chi connectivity index (χ1) is 8.93. The lowest BCUT2D eigenvalue weighted by molar-refractivity contribution is 1.07. The second kappa shape index (κ2) is 5.80. The van der Waals surface area contributed by atoms with Crippen LogP contribution in [-0.2, 0) is 0 Å². The molecule has 0 aromatic heterocycles. The van der Waals surface area contributed by atoms with Gasteiger partial charge in [0.1, 0.15) is 0 Å². The van der Waals surface area contributed by atoms with E-state index in [4.69, 9.17) is 0 Å². The minimum absolute atomic E-state index is 0.224. The fourth-order valence-electron chi connectivity index (χ4n) is 2.46. The van der Waals surface area contributed by atoms with Gasteiger partial charge in [0, 0.05) is 4.47 Å². The first kappa shape index (κ1) is 14.8. The quantitative estimate of drug-likeness (QED) is 0.546. The summed E-state index contributed by atoms with van der Waals surface area (Å²) in [6.07, 6.45) is 0. The second-order valence-corrected chi connectivity index (χ2v) is 6.83. The Morgan fingerprint density at radius 2 is 1.42 bits per heavy atom. The van der Waals surface area contributed by atoms with Crippen LogP contribution in [0.25, 0.3) is 0 Å². The molecule has 0 amide bonds. The highest BCUT2D eigenvalue weighted by Gasteiger charge is 2.19. The van der Waals surface area contributed by atoms with Gasteiger partial charge in [-0.1, -0.05) is 56.1 Å². The lowest BCUT2D eigenvalue weighted by atomic mass is 9.90. The molecule has 0 aliphatic heterocycles. The minimum atomic E-state index is 0.224. The first-order valence-electron chi connectivity index (χ1n) is 6.39. The molecule has 19 heavy (non-hydrogen) atoms. The van der Waals surface area contributed by atoms with Crippen molar-refractivity contribution >= 4 is 31.9 Å². The van der Waals surface area contributed by atoms with Gasteiger partial charge in [0.25, 0.3) is 0 Å². The van der Waals surface area contributed by atoms with Gasteiger partial charge in [-0.2, -0.15) is 0 Å². The predicted octanol–water partition coefficient (Wildman–Crippen LogP) is 6.17. The van der Waals surface area contributed by atoms with Gasteiger partial charge in [0.15, 0.2) is 0 Å². The average molecular weight is 382 g/mol. The molecule has 2 rings (SSSR count). The van der Waals surface area contributed by atoms with Crippen molar-refractivity contribution < 1.29 is 0 Å². The van der Waals surface area contributed by atoms with E-state index in [1.807, 2.05) is 0 Å². The van der Waals surface area contributed by atoms with Crippen LogP contribution in [0.15, 0.2) is 34.8 Å². The van der Waals surface area contributed by atoms with Gasteiger partial charge in [-0.05, 0) is 67.1 Å². The van der Waals surface area contributed by atoms with Crippen molar-refractivity contribution in [2.75, 3.05) is 0 Å². The topological polar surface area (TPSA) is 0 Å². The monoisotopic (exact) mass is 380 g/mol. The largest absolute Gasteiger partial charge is 0.0786 e. The third-order valence-electron chi connectivity index (χ3n) is 3.86. The zero-order valence-electron chi connectivity index (χ0n) is 11.7. The minimum Gasteiger partial charge on any atom is -0.0786 e. The van der Waals surface area contributed by atoms with Crippen LogP contribution in [-0.4, -0.2) is 0 Å². The lowest BCUT2D eigenvalue weighted by Crippen LogP contribution is -2.03. The van der Waals surface area contributed by atoms with Crippen LogP contribution < -0.4 is 0 Å². The highest BCUT2D eigenvalue weighted by Crippen LogP contribution is 2.39. The third kappa shape index (κ3) is 2.80. The molecule has 1 unspecified atom stereocenters. The average Bonchev–Trinajstić information content (AvgIpc) is 2.37. The summed E-state index contributed by atoms with van der Waals surface area (Å²) in [7, 11) is 0. The van der Waals surface area contributed by atoms with Gasteiger partial charge < -0.3 is 0 Å². The van der Waals surface area contributed by atoms with Crippen molar-refractivity contribution in [3.63, 3.8) is 0 Å². The molecule has 0 radical (unpaired) electrons. The van der Waals surface area contributed by atoms with Gasteiger partial charge in [-0.15, -0.1) is 0 Å². The highest BCUT2D eigenvalue weighted by atomic mass is 79.9. The Morgan fingerprint density at radius 3 is 1.95 bits per heavy atom. The zero-order chi connectivity index (χ0) is 14.2. The molecule has 1 atom stereocenters. The summed E-state index contributed by atoms with van der Waals surface area (Å²) in [6, 6.07) is 10.7. The highest BCUT2D eigenvalue weighted by molar-refractivity contribution is 9.11. The van der Waals surface area contributed by atoms with Crippen molar-refractivity contribution in [3.8, 4) is 0 Å². The van der Waals surface area contributed by atoms with E-state index in [0.717, 1.165) is 4.47 Å². The summed E-state index contributed by atoms with van der Waals surface area (Å²) in [4.78, 5) is 0.224. The van der Waals surface area contributed by atoms with E-state index in [9.17, 15) is 0 Å². The number of benzene rings is 2. The van der Waals surface area contributed by atoms with E-state index in [1.54, 1.807) is 0 Å². The normalized spacial score (nSPS) is 12.5. The molecule has 0 saturated carbocycles. The summed E-state index contributed by atoms with van der Waals surface area (Å²) in [5.41, 5.74) is 8.13. The Hall–Kier alpha value is -0.600. The summed E-state index contributed by atoms with van der Waals surface area (Å²) < 4.78 is 1.15. The van der Waals surface area contributed by atoms with Crippen LogP contribution in [0, 0.1) is 27.7 Å². The van der Waals surface area contributed by atoms with E-state index in [-0.39, 0.29) is 4.83 Å². The van der Waals surface area contributed by atoms with E-state index >= 15 is 0 Å². The van der Waals surface area contributed by atoms with Crippen molar-refractivity contribution in [2.45, 2.75) is 32.5 Å². The molecular weight excluding hydrogens is 364 g/mol. The molecule has 0 nitrogen and oxygen atoms in total. The Labute approximate surface area is 132 Å². The van der Waals surface area contributed by atoms with Crippen LogP contribution in [0.1, 0.15) is 38.2 Å². The van der Waals surface area contributed by atoms with Crippen molar-refractivity contribution in [2.24, 2.45) is 0 Å². The van der Waals surface area contributed by atoms with Gasteiger partial charge in [-0.25, -0.2) is 0 Å². The molecule has 0 aliphatic carbocycles. The van der Waals surface area contributed by atoms with Crippen LogP contribution in [0.3, 0.4) is 0 Å². The van der Waals surface area contributed by atoms with Crippen LogP contribution >= 0.6 is 31.9 Å². The predicted molar refractivity (Wildman–Crippen MR) is 90.3 cm³/mol. The fraction of sp³-hybridized carbons (Fsp3) is 0.294. The Kier molecular flexibility index (Phi) is 4.52. The summed E-state index contributed by atoms with van der Waals surface area (Å²) in [5, 5.41) is 0. The van der Waals surface area contributed by atoms with E-state index in [0.29, 0.717) is 0 Å². The first-order valence-corrected chi connectivity index (χ1v) is 8.10. The summed E-state index contributed by atoms with van der Waals surface area (Å²) >= 11 is 7.54. The van der Waals surface area contributed by atoms with Gasteiger partial charge in [-0.3, -0.25) is 0 Å². The maximum Gasteiger partial charge on any atom is 0.0660 e. The SMILES string of the molecule is Cc1cc(C)c(C)c(C(Br)c2ccccc2Br)c1C. The number of halogens is 2. The molecule has 0 heterocycles. The second-order valence-electron chi connectivity index (χ2n) is 5.06. The van der Waals surface area contributed by atoms with Crippen molar-refractivity contribution in [3.05, 3.63) is 68.2 Å². The molecule has 2 aromatic rings. The number of rotatable bonds is 2. The number of alkyl halides is 1. The van der Waals surface area contributed by atoms with Gasteiger partial charge in [0.05, 0.1) is 4.83 Å². The van der Waals surface area contributed by atoms with E-state index < -0.39 is 0 Å². The molecular formula is C17H18Br2. The lowest BCUT2D eigenvalue weighted by Gasteiger charge is -2.21. The van der Waals surface area contributed by atoms with Gasteiger partial charge >= 0.3 is 0 Å². The van der Waals surface area contributed by atoms with Crippen molar-refractivity contribution in [1.82, 2.24) is 0 Å². The molecule has 2 aromatic carbocycles. The van der Waals surface area contributed by atoms with Crippen LogP contribution in [0.2, 0.25) is 0 Å². The molecule has 0 N–H and O–H groups in total. The molecule has 100 valence electrons. The Morgan fingerprint density at radius 1 is 0.895 bits per heavy atom. The van der Waals surface area contributed by atoms with E-state index in [1.165, 1.54) is 33.4 Å². The molecule has 2 heteroatoms. The maximum absolute atomic E-state index is 3.88.